The number of hydrogen-bond acceptors (Lipinski definition) is 5. The molecule has 1 aliphatic heterocycles. The lowest BCUT2D eigenvalue weighted by molar-refractivity contribution is 0.102. The van der Waals surface area contributed by atoms with E-state index in [-0.39, 0.29) is 5.91 Å². The predicted octanol–water partition coefficient (Wildman–Crippen LogP) is 3.50. The summed E-state index contributed by atoms with van der Waals surface area (Å²) in [6.07, 6.45) is 0.832. The molecule has 1 aliphatic rings. The summed E-state index contributed by atoms with van der Waals surface area (Å²) in [4.78, 5) is 12.5. The first-order valence-electron chi connectivity index (χ1n) is 8.64. The van der Waals surface area contributed by atoms with Crippen LogP contribution in [0, 0.1) is 0 Å². The highest BCUT2D eigenvalue weighted by Gasteiger charge is 2.14. The first kappa shape index (κ1) is 17.0. The average Bonchev–Trinajstić information content (AvgIpc) is 3.08. The quantitative estimate of drug-likeness (QED) is 0.739. The number of carbonyl (C=O) groups excluding carboxylic acids is 1. The van der Waals surface area contributed by atoms with Crippen LogP contribution in [0.15, 0.2) is 48.5 Å². The number of aromatic nitrogens is 2. The summed E-state index contributed by atoms with van der Waals surface area (Å²) in [6.45, 7) is 1.22. The van der Waals surface area contributed by atoms with Gasteiger partial charge in [-0.05, 0) is 42.5 Å². The van der Waals surface area contributed by atoms with Gasteiger partial charge >= 0.3 is 0 Å². The van der Waals surface area contributed by atoms with E-state index in [0.717, 1.165) is 17.7 Å². The lowest BCUT2D eigenvalue weighted by Crippen LogP contribution is -2.12. The number of fused-ring (bicyclic) bond motifs is 1. The zero-order valence-corrected chi connectivity index (χ0v) is 14.8. The van der Waals surface area contributed by atoms with Gasteiger partial charge in [0.15, 0.2) is 11.5 Å². The number of rotatable bonds is 4. The van der Waals surface area contributed by atoms with E-state index in [4.69, 9.17) is 14.2 Å². The Morgan fingerprint density at radius 2 is 1.85 bits per heavy atom. The van der Waals surface area contributed by atoms with E-state index in [0.29, 0.717) is 41.8 Å². The standard InChI is InChI=1S/C20H19N3O4/c1-25-15-6-3-13(4-7-15)16-12-17(23-22-16)20(24)21-14-5-8-18-19(11-14)27-10-2-9-26-18/h3-8,11-12H,2,9-10H2,1H3,(H,21,24)(H,22,23). The summed E-state index contributed by atoms with van der Waals surface area (Å²) in [6, 6.07) is 14.5. The van der Waals surface area contributed by atoms with Crippen molar-refractivity contribution in [3.63, 3.8) is 0 Å². The van der Waals surface area contributed by atoms with Crippen molar-refractivity contribution in [1.29, 1.82) is 0 Å². The largest absolute Gasteiger partial charge is 0.497 e. The maximum absolute atomic E-state index is 12.5. The van der Waals surface area contributed by atoms with Gasteiger partial charge in [-0.15, -0.1) is 0 Å². The van der Waals surface area contributed by atoms with Crippen molar-refractivity contribution < 1.29 is 19.0 Å². The van der Waals surface area contributed by atoms with E-state index in [1.54, 1.807) is 31.4 Å². The minimum Gasteiger partial charge on any atom is -0.497 e. The van der Waals surface area contributed by atoms with E-state index < -0.39 is 0 Å². The molecule has 4 rings (SSSR count). The first-order valence-corrected chi connectivity index (χ1v) is 8.64. The molecule has 1 aromatic heterocycles. The highest BCUT2D eigenvalue weighted by molar-refractivity contribution is 6.03. The molecule has 27 heavy (non-hydrogen) atoms. The molecule has 0 unspecified atom stereocenters. The molecule has 2 N–H and O–H groups in total. The monoisotopic (exact) mass is 365 g/mol. The fourth-order valence-corrected chi connectivity index (χ4v) is 2.79. The summed E-state index contributed by atoms with van der Waals surface area (Å²) >= 11 is 0. The van der Waals surface area contributed by atoms with Gasteiger partial charge in [0.25, 0.3) is 5.91 Å². The third kappa shape index (κ3) is 3.72. The predicted molar refractivity (Wildman–Crippen MR) is 101 cm³/mol. The highest BCUT2D eigenvalue weighted by Crippen LogP contribution is 2.32. The molecule has 2 heterocycles. The number of amides is 1. The fraction of sp³-hybridized carbons (Fsp3) is 0.200. The number of carbonyl (C=O) groups is 1. The van der Waals surface area contributed by atoms with E-state index in [1.807, 2.05) is 24.3 Å². The second kappa shape index (κ2) is 7.41. The Hall–Kier alpha value is -3.48. The van der Waals surface area contributed by atoms with Gasteiger partial charge in [-0.25, -0.2) is 0 Å². The Kier molecular flexibility index (Phi) is 4.65. The van der Waals surface area contributed by atoms with Gasteiger partial charge in [0.05, 0.1) is 26.0 Å². The van der Waals surface area contributed by atoms with E-state index in [2.05, 4.69) is 15.5 Å². The van der Waals surface area contributed by atoms with Gasteiger partial charge in [-0.2, -0.15) is 5.10 Å². The van der Waals surface area contributed by atoms with E-state index in [9.17, 15) is 4.79 Å². The van der Waals surface area contributed by atoms with Gasteiger partial charge in [0.1, 0.15) is 11.4 Å². The molecule has 0 saturated heterocycles. The first-order chi connectivity index (χ1) is 13.2. The Bertz CT molecular complexity index is 950. The third-order valence-electron chi connectivity index (χ3n) is 4.21. The van der Waals surface area contributed by atoms with Crippen molar-refractivity contribution in [3.05, 3.63) is 54.2 Å². The smallest absolute Gasteiger partial charge is 0.273 e. The van der Waals surface area contributed by atoms with Crippen molar-refractivity contribution in [2.24, 2.45) is 0 Å². The van der Waals surface area contributed by atoms with Gasteiger partial charge in [-0.3, -0.25) is 9.89 Å². The zero-order valence-electron chi connectivity index (χ0n) is 14.8. The van der Waals surface area contributed by atoms with Crippen LogP contribution >= 0.6 is 0 Å². The fourth-order valence-electron chi connectivity index (χ4n) is 2.79. The summed E-state index contributed by atoms with van der Waals surface area (Å²) < 4.78 is 16.4. The van der Waals surface area contributed by atoms with Crippen LogP contribution in [0.3, 0.4) is 0 Å². The molecule has 0 radical (unpaired) electrons. The van der Waals surface area contributed by atoms with Crippen molar-refractivity contribution in [2.45, 2.75) is 6.42 Å². The molecular weight excluding hydrogens is 346 g/mol. The Labute approximate surface area is 156 Å². The number of nitrogens with zero attached hydrogens (tertiary/aromatic N) is 1. The summed E-state index contributed by atoms with van der Waals surface area (Å²) in [5, 5.41) is 9.84. The summed E-state index contributed by atoms with van der Waals surface area (Å²) in [5.41, 5.74) is 2.57. The number of ether oxygens (including phenoxy) is 3. The Morgan fingerprint density at radius 1 is 1.07 bits per heavy atom. The van der Waals surface area contributed by atoms with Crippen LogP contribution in [-0.2, 0) is 0 Å². The SMILES string of the molecule is COc1ccc(-c2cc(C(=O)Nc3ccc4c(c3)OCCCO4)[nH]n2)cc1. The number of aromatic amines is 1. The molecule has 0 aliphatic carbocycles. The molecular formula is C20H19N3O4. The van der Waals surface area contributed by atoms with Crippen LogP contribution in [-0.4, -0.2) is 36.4 Å². The topological polar surface area (TPSA) is 85.5 Å². The highest BCUT2D eigenvalue weighted by atomic mass is 16.5. The molecule has 3 aromatic rings. The number of hydrogen-bond donors (Lipinski definition) is 2. The minimum absolute atomic E-state index is 0.281. The number of nitrogens with one attached hydrogen (secondary N) is 2. The van der Waals surface area contributed by atoms with Crippen molar-refractivity contribution in [2.75, 3.05) is 25.6 Å². The van der Waals surface area contributed by atoms with Gasteiger partial charge < -0.3 is 19.5 Å². The summed E-state index contributed by atoms with van der Waals surface area (Å²) in [7, 11) is 1.62. The number of anilines is 1. The van der Waals surface area contributed by atoms with Crippen LogP contribution < -0.4 is 19.5 Å². The normalized spacial score (nSPS) is 12.9. The maximum Gasteiger partial charge on any atom is 0.273 e. The van der Waals surface area contributed by atoms with Crippen LogP contribution in [0.1, 0.15) is 16.9 Å². The zero-order chi connectivity index (χ0) is 18.6. The Balaban J connectivity index is 1.49. The van der Waals surface area contributed by atoms with Crippen LogP contribution in [0.2, 0.25) is 0 Å². The van der Waals surface area contributed by atoms with Gasteiger partial charge in [0.2, 0.25) is 0 Å². The maximum atomic E-state index is 12.5. The molecule has 0 bridgehead atoms. The Morgan fingerprint density at radius 3 is 2.63 bits per heavy atom. The van der Waals surface area contributed by atoms with Crippen LogP contribution in [0.5, 0.6) is 17.2 Å². The van der Waals surface area contributed by atoms with Crippen molar-refractivity contribution in [3.8, 4) is 28.5 Å². The molecule has 138 valence electrons. The number of methoxy groups -OCH3 is 1. The lowest BCUT2D eigenvalue weighted by atomic mass is 10.1. The van der Waals surface area contributed by atoms with Crippen molar-refractivity contribution in [1.82, 2.24) is 10.2 Å². The number of H-pyrrole nitrogens is 1. The third-order valence-corrected chi connectivity index (χ3v) is 4.21. The van der Waals surface area contributed by atoms with E-state index >= 15 is 0 Å². The number of benzene rings is 2. The lowest BCUT2D eigenvalue weighted by Gasteiger charge is -2.09. The second-order valence-electron chi connectivity index (χ2n) is 6.06. The molecule has 0 fully saturated rings. The average molecular weight is 365 g/mol. The van der Waals surface area contributed by atoms with Crippen LogP contribution in [0.4, 0.5) is 5.69 Å². The minimum atomic E-state index is -0.281. The van der Waals surface area contributed by atoms with E-state index in [1.165, 1.54) is 0 Å². The molecule has 7 heteroatoms. The molecule has 2 aromatic carbocycles. The second-order valence-corrected chi connectivity index (χ2v) is 6.06. The van der Waals surface area contributed by atoms with Crippen molar-refractivity contribution >= 4 is 11.6 Å². The van der Waals surface area contributed by atoms with Gasteiger partial charge in [-0.1, -0.05) is 0 Å². The molecule has 7 nitrogen and oxygen atoms in total. The summed E-state index contributed by atoms with van der Waals surface area (Å²) in [5.74, 6) is 1.81. The molecule has 0 spiro atoms. The molecule has 0 saturated carbocycles. The van der Waals surface area contributed by atoms with Crippen LogP contribution in [0.25, 0.3) is 11.3 Å². The van der Waals surface area contributed by atoms with Gasteiger partial charge in [0, 0.05) is 23.7 Å². The molecule has 1 amide bonds. The molecule has 0 atom stereocenters.